The smallest absolute Gasteiger partial charge is 0.317 e. The maximum absolute atomic E-state index is 10.5. The summed E-state index contributed by atoms with van der Waals surface area (Å²) in [7, 11) is 1.67. The number of benzene rings is 1. The second-order valence-corrected chi connectivity index (χ2v) is 4.52. The van der Waals surface area contributed by atoms with E-state index in [0.717, 1.165) is 5.56 Å². The van der Waals surface area contributed by atoms with E-state index in [-0.39, 0.29) is 13.1 Å². The maximum atomic E-state index is 10.5. The topological polar surface area (TPSA) is 79.5 Å². The number of aliphatic carboxylic acids is 1. The number of rotatable bonds is 5. The van der Waals surface area contributed by atoms with Gasteiger partial charge in [0.25, 0.3) is 0 Å². The molecule has 2 rings (SSSR count). The molecule has 0 saturated heterocycles. The predicted octanol–water partition coefficient (Wildman–Crippen LogP) is 1.91. The molecule has 1 aromatic carbocycles. The van der Waals surface area contributed by atoms with Gasteiger partial charge in [-0.1, -0.05) is 16.8 Å². The first-order chi connectivity index (χ1) is 9.04. The fourth-order valence-corrected chi connectivity index (χ4v) is 1.68. The quantitative estimate of drug-likeness (QED) is 0.902. The molecule has 1 heterocycles. The van der Waals surface area contributed by atoms with Crippen molar-refractivity contribution in [3.8, 4) is 11.4 Å². The van der Waals surface area contributed by atoms with E-state index >= 15 is 0 Å². The molecule has 0 fully saturated rings. The van der Waals surface area contributed by atoms with E-state index in [9.17, 15) is 4.79 Å². The third-order valence-corrected chi connectivity index (χ3v) is 2.63. The van der Waals surface area contributed by atoms with Crippen LogP contribution < -0.4 is 0 Å². The van der Waals surface area contributed by atoms with Gasteiger partial charge in [-0.25, -0.2) is 0 Å². The zero-order chi connectivity index (χ0) is 13.8. The largest absolute Gasteiger partial charge is 0.480 e. The van der Waals surface area contributed by atoms with Crippen molar-refractivity contribution >= 4 is 17.6 Å². The second-order valence-electron chi connectivity index (χ2n) is 4.08. The number of carboxylic acid groups (broad SMARTS) is 1. The van der Waals surface area contributed by atoms with Gasteiger partial charge in [-0.3, -0.25) is 9.69 Å². The van der Waals surface area contributed by atoms with Gasteiger partial charge < -0.3 is 9.63 Å². The van der Waals surface area contributed by atoms with Crippen molar-refractivity contribution in [2.75, 3.05) is 13.6 Å². The average Bonchev–Trinajstić information content (AvgIpc) is 2.77. The van der Waals surface area contributed by atoms with E-state index in [2.05, 4.69) is 10.1 Å². The number of nitrogens with zero attached hydrogens (tertiary/aromatic N) is 3. The predicted molar refractivity (Wildman–Crippen MR) is 68.7 cm³/mol. The first-order valence-electron chi connectivity index (χ1n) is 5.53. The van der Waals surface area contributed by atoms with Crippen LogP contribution in [0.3, 0.4) is 0 Å². The average molecular weight is 282 g/mol. The lowest BCUT2D eigenvalue weighted by atomic mass is 10.2. The fourth-order valence-electron chi connectivity index (χ4n) is 1.55. The second kappa shape index (κ2) is 5.81. The molecule has 7 heteroatoms. The molecule has 6 nitrogen and oxygen atoms in total. The molecule has 19 heavy (non-hydrogen) atoms. The van der Waals surface area contributed by atoms with E-state index in [0.29, 0.717) is 16.7 Å². The fraction of sp³-hybridized carbons (Fsp3) is 0.250. The number of likely N-dealkylation sites (N-methyl/N-ethyl adjacent to an activating group) is 1. The molecular formula is C12H12ClN3O3. The van der Waals surface area contributed by atoms with Crippen LogP contribution in [0.4, 0.5) is 0 Å². The first-order valence-corrected chi connectivity index (χ1v) is 5.91. The Labute approximate surface area is 114 Å². The molecule has 0 radical (unpaired) electrons. The molecule has 0 bridgehead atoms. The number of carboxylic acids is 1. The summed E-state index contributed by atoms with van der Waals surface area (Å²) in [6.07, 6.45) is 0. The van der Waals surface area contributed by atoms with Crippen molar-refractivity contribution in [1.82, 2.24) is 15.0 Å². The lowest BCUT2D eigenvalue weighted by Gasteiger charge is -2.09. The summed E-state index contributed by atoms with van der Waals surface area (Å²) in [6.45, 7) is 0.200. The van der Waals surface area contributed by atoms with E-state index in [4.69, 9.17) is 21.2 Å². The molecule has 0 amide bonds. The van der Waals surface area contributed by atoms with Crippen molar-refractivity contribution in [3.63, 3.8) is 0 Å². The van der Waals surface area contributed by atoms with Crippen LogP contribution in [0.25, 0.3) is 11.4 Å². The van der Waals surface area contributed by atoms with Crippen molar-refractivity contribution in [3.05, 3.63) is 35.2 Å². The molecule has 1 N–H and O–H groups in total. The Kier molecular flexibility index (Phi) is 4.13. The molecule has 0 unspecified atom stereocenters. The van der Waals surface area contributed by atoms with Crippen LogP contribution in [0.15, 0.2) is 28.8 Å². The Morgan fingerprint density at radius 2 is 2.11 bits per heavy atom. The lowest BCUT2D eigenvalue weighted by Crippen LogP contribution is -2.25. The molecule has 100 valence electrons. The summed E-state index contributed by atoms with van der Waals surface area (Å²) in [5.41, 5.74) is 0.792. The molecule has 0 spiro atoms. The van der Waals surface area contributed by atoms with Gasteiger partial charge in [0.1, 0.15) is 0 Å². The maximum Gasteiger partial charge on any atom is 0.317 e. The van der Waals surface area contributed by atoms with Crippen LogP contribution in [0, 0.1) is 0 Å². The third-order valence-electron chi connectivity index (χ3n) is 2.38. The highest BCUT2D eigenvalue weighted by molar-refractivity contribution is 6.30. The highest BCUT2D eigenvalue weighted by Crippen LogP contribution is 2.18. The van der Waals surface area contributed by atoms with Crippen LogP contribution in [0.5, 0.6) is 0 Å². The van der Waals surface area contributed by atoms with Crippen LogP contribution in [-0.4, -0.2) is 39.7 Å². The minimum Gasteiger partial charge on any atom is -0.480 e. The number of halogens is 1. The SMILES string of the molecule is CN(CC(=O)O)Cc1nc(-c2ccc(Cl)cc2)no1. The molecule has 0 aliphatic carbocycles. The van der Waals surface area contributed by atoms with Gasteiger partial charge in [0.2, 0.25) is 11.7 Å². The Morgan fingerprint density at radius 3 is 2.74 bits per heavy atom. The summed E-state index contributed by atoms with van der Waals surface area (Å²) in [6, 6.07) is 7.06. The van der Waals surface area contributed by atoms with E-state index in [1.54, 1.807) is 36.2 Å². The monoisotopic (exact) mass is 281 g/mol. The van der Waals surface area contributed by atoms with Crippen molar-refractivity contribution in [2.45, 2.75) is 6.54 Å². The number of hydrogen-bond acceptors (Lipinski definition) is 5. The summed E-state index contributed by atoms with van der Waals surface area (Å²) in [5, 5.41) is 13.1. The Hall–Kier alpha value is -1.92. The van der Waals surface area contributed by atoms with Crippen LogP contribution >= 0.6 is 11.6 Å². The third kappa shape index (κ3) is 3.77. The Balaban J connectivity index is 2.06. The van der Waals surface area contributed by atoms with Gasteiger partial charge in [-0.15, -0.1) is 0 Å². The van der Waals surface area contributed by atoms with Gasteiger partial charge in [0.15, 0.2) is 0 Å². The minimum absolute atomic E-state index is 0.0847. The zero-order valence-electron chi connectivity index (χ0n) is 10.2. The number of aromatic nitrogens is 2. The van der Waals surface area contributed by atoms with E-state index < -0.39 is 5.97 Å². The summed E-state index contributed by atoms with van der Waals surface area (Å²) < 4.78 is 5.07. The first kappa shape index (κ1) is 13.5. The normalized spacial score (nSPS) is 10.9. The summed E-state index contributed by atoms with van der Waals surface area (Å²) in [4.78, 5) is 16.3. The van der Waals surface area contributed by atoms with Gasteiger partial charge in [0, 0.05) is 10.6 Å². The van der Waals surface area contributed by atoms with Gasteiger partial charge in [-0.2, -0.15) is 4.98 Å². The minimum atomic E-state index is -0.903. The van der Waals surface area contributed by atoms with E-state index in [1.807, 2.05) is 0 Å². The van der Waals surface area contributed by atoms with Crippen LogP contribution in [0.1, 0.15) is 5.89 Å². The highest BCUT2D eigenvalue weighted by Gasteiger charge is 2.12. The lowest BCUT2D eigenvalue weighted by molar-refractivity contribution is -0.138. The van der Waals surface area contributed by atoms with Gasteiger partial charge in [-0.05, 0) is 31.3 Å². The van der Waals surface area contributed by atoms with Crippen molar-refractivity contribution in [2.24, 2.45) is 0 Å². The molecule has 0 atom stereocenters. The molecule has 2 aromatic rings. The van der Waals surface area contributed by atoms with Gasteiger partial charge >= 0.3 is 5.97 Å². The summed E-state index contributed by atoms with van der Waals surface area (Å²) >= 11 is 5.80. The van der Waals surface area contributed by atoms with Crippen LogP contribution in [0.2, 0.25) is 5.02 Å². The van der Waals surface area contributed by atoms with Crippen molar-refractivity contribution < 1.29 is 14.4 Å². The number of carbonyl (C=O) groups is 1. The molecule has 0 aliphatic rings. The highest BCUT2D eigenvalue weighted by atomic mass is 35.5. The molecular weight excluding hydrogens is 270 g/mol. The molecule has 1 aromatic heterocycles. The van der Waals surface area contributed by atoms with E-state index in [1.165, 1.54) is 0 Å². The Bertz CT molecular complexity index is 568. The molecule has 0 aliphatic heterocycles. The molecule has 0 saturated carbocycles. The Morgan fingerprint density at radius 1 is 1.42 bits per heavy atom. The van der Waals surface area contributed by atoms with Gasteiger partial charge in [0.05, 0.1) is 13.1 Å². The number of hydrogen-bond donors (Lipinski definition) is 1. The summed E-state index contributed by atoms with van der Waals surface area (Å²) in [5.74, 6) is -0.0796. The van der Waals surface area contributed by atoms with Crippen molar-refractivity contribution in [1.29, 1.82) is 0 Å². The standard InChI is InChI=1S/C12H12ClN3O3/c1-16(7-11(17)18)6-10-14-12(15-19-10)8-2-4-9(13)5-3-8/h2-5H,6-7H2,1H3,(H,17,18). The zero-order valence-corrected chi connectivity index (χ0v) is 11.0. The van der Waals surface area contributed by atoms with Crippen LogP contribution in [-0.2, 0) is 11.3 Å².